The van der Waals surface area contributed by atoms with Crippen molar-refractivity contribution < 1.29 is 9.53 Å². The van der Waals surface area contributed by atoms with E-state index in [9.17, 15) is 4.79 Å². The Kier molecular flexibility index (Phi) is 4.41. The van der Waals surface area contributed by atoms with E-state index in [4.69, 9.17) is 10.5 Å². The van der Waals surface area contributed by atoms with Gasteiger partial charge in [-0.05, 0) is 39.5 Å². The lowest BCUT2D eigenvalue weighted by atomic mass is 9.78. The van der Waals surface area contributed by atoms with Gasteiger partial charge in [0.25, 0.3) is 0 Å². The zero-order valence-electron chi connectivity index (χ0n) is 11.7. The van der Waals surface area contributed by atoms with Crippen LogP contribution in [0.15, 0.2) is 0 Å². The van der Waals surface area contributed by atoms with Crippen LogP contribution in [0.2, 0.25) is 0 Å². The predicted molar refractivity (Wildman–Crippen MR) is 71.4 cm³/mol. The molecule has 4 heteroatoms. The van der Waals surface area contributed by atoms with E-state index < -0.39 is 5.54 Å². The highest BCUT2D eigenvalue weighted by molar-refractivity contribution is 5.89. The highest BCUT2D eigenvalue weighted by Gasteiger charge is 2.34. The molecular weight excluding hydrogens is 228 g/mol. The van der Waals surface area contributed by atoms with E-state index >= 15 is 0 Å². The lowest BCUT2D eigenvalue weighted by molar-refractivity contribution is -0.128. The van der Waals surface area contributed by atoms with Crippen LogP contribution in [0.1, 0.15) is 39.5 Å². The summed E-state index contributed by atoms with van der Waals surface area (Å²) in [5, 5.41) is 0. The highest BCUT2D eigenvalue weighted by Crippen LogP contribution is 2.30. The standard InChI is InChI=1S/C14H26N2O2/c1-14(2,15)13(17)11-3-5-12(6-4-11)16-7-9-18-10-8-16/h11-12H,3-10,15H2,1-2H3. The van der Waals surface area contributed by atoms with E-state index in [1.54, 1.807) is 0 Å². The third kappa shape index (κ3) is 3.31. The van der Waals surface area contributed by atoms with Gasteiger partial charge in [-0.2, -0.15) is 0 Å². The van der Waals surface area contributed by atoms with Gasteiger partial charge in [-0.15, -0.1) is 0 Å². The number of carbonyl (C=O) groups excluding carboxylic acids is 1. The first-order valence-electron chi connectivity index (χ1n) is 7.13. The topological polar surface area (TPSA) is 55.6 Å². The van der Waals surface area contributed by atoms with Gasteiger partial charge in [0.1, 0.15) is 0 Å². The van der Waals surface area contributed by atoms with Crippen LogP contribution in [0.5, 0.6) is 0 Å². The molecule has 0 radical (unpaired) electrons. The zero-order valence-corrected chi connectivity index (χ0v) is 11.7. The van der Waals surface area contributed by atoms with E-state index in [0.717, 1.165) is 52.0 Å². The lowest BCUT2D eigenvalue weighted by Crippen LogP contribution is -2.49. The summed E-state index contributed by atoms with van der Waals surface area (Å²) in [4.78, 5) is 14.7. The molecular formula is C14H26N2O2. The van der Waals surface area contributed by atoms with Crippen molar-refractivity contribution in [3.63, 3.8) is 0 Å². The summed E-state index contributed by atoms with van der Waals surface area (Å²) in [5.74, 6) is 0.421. The van der Waals surface area contributed by atoms with Crippen LogP contribution >= 0.6 is 0 Å². The van der Waals surface area contributed by atoms with Gasteiger partial charge < -0.3 is 10.5 Å². The van der Waals surface area contributed by atoms with Crippen molar-refractivity contribution in [2.75, 3.05) is 26.3 Å². The Labute approximate surface area is 110 Å². The number of nitrogens with two attached hydrogens (primary N) is 1. The Hall–Kier alpha value is -0.450. The molecule has 1 saturated heterocycles. The molecule has 0 bridgehead atoms. The van der Waals surface area contributed by atoms with Crippen molar-refractivity contribution in [2.45, 2.75) is 51.1 Å². The Balaban J connectivity index is 1.82. The van der Waals surface area contributed by atoms with Gasteiger partial charge in [-0.25, -0.2) is 0 Å². The molecule has 104 valence electrons. The first-order valence-corrected chi connectivity index (χ1v) is 7.13. The van der Waals surface area contributed by atoms with E-state index in [2.05, 4.69) is 4.90 Å². The van der Waals surface area contributed by atoms with Crippen molar-refractivity contribution in [3.8, 4) is 0 Å². The Morgan fingerprint density at radius 2 is 1.72 bits per heavy atom. The molecule has 2 rings (SSSR count). The molecule has 1 aliphatic carbocycles. The van der Waals surface area contributed by atoms with Crippen LogP contribution in [0.25, 0.3) is 0 Å². The van der Waals surface area contributed by atoms with Gasteiger partial charge in [-0.1, -0.05) is 0 Å². The summed E-state index contributed by atoms with van der Waals surface area (Å²) in [6, 6.07) is 0.652. The smallest absolute Gasteiger partial charge is 0.155 e. The van der Waals surface area contributed by atoms with Gasteiger partial charge in [-0.3, -0.25) is 9.69 Å². The molecule has 0 unspecified atom stereocenters. The maximum atomic E-state index is 12.1. The van der Waals surface area contributed by atoms with Crippen molar-refractivity contribution in [1.29, 1.82) is 0 Å². The van der Waals surface area contributed by atoms with Gasteiger partial charge in [0.05, 0.1) is 18.8 Å². The molecule has 1 saturated carbocycles. The number of ether oxygens (including phenoxy) is 1. The fourth-order valence-corrected chi connectivity index (χ4v) is 3.17. The van der Waals surface area contributed by atoms with E-state index in [-0.39, 0.29) is 11.7 Å². The van der Waals surface area contributed by atoms with E-state index in [1.165, 1.54) is 0 Å². The third-order valence-corrected chi connectivity index (χ3v) is 4.26. The third-order valence-electron chi connectivity index (χ3n) is 4.26. The molecule has 2 fully saturated rings. The van der Waals surface area contributed by atoms with Crippen molar-refractivity contribution in [2.24, 2.45) is 11.7 Å². The van der Waals surface area contributed by atoms with Gasteiger partial charge in [0.2, 0.25) is 0 Å². The zero-order chi connectivity index (χ0) is 13.2. The number of Topliss-reactive ketones (excluding diaryl/α,β-unsaturated/α-hetero) is 1. The second kappa shape index (κ2) is 5.68. The first kappa shape index (κ1) is 14.0. The summed E-state index contributed by atoms with van der Waals surface area (Å²) in [5.41, 5.74) is 5.24. The molecule has 0 amide bonds. The fourth-order valence-electron chi connectivity index (χ4n) is 3.17. The number of nitrogens with zero attached hydrogens (tertiary/aromatic N) is 1. The maximum absolute atomic E-state index is 12.1. The minimum Gasteiger partial charge on any atom is -0.379 e. The second-order valence-electron chi connectivity index (χ2n) is 6.24. The SMILES string of the molecule is CC(C)(N)C(=O)C1CCC(N2CCOCC2)CC1. The summed E-state index contributed by atoms with van der Waals surface area (Å²) in [6.45, 7) is 7.45. The molecule has 2 N–H and O–H groups in total. The Bertz CT molecular complexity index is 285. The van der Waals surface area contributed by atoms with Gasteiger partial charge in [0, 0.05) is 25.0 Å². The average molecular weight is 254 g/mol. The number of ketones is 1. The van der Waals surface area contributed by atoms with Crippen molar-refractivity contribution >= 4 is 5.78 Å². The molecule has 1 aliphatic heterocycles. The van der Waals surface area contributed by atoms with Crippen LogP contribution in [0.4, 0.5) is 0 Å². The van der Waals surface area contributed by atoms with Crippen LogP contribution < -0.4 is 5.73 Å². The molecule has 1 heterocycles. The molecule has 0 aromatic heterocycles. The predicted octanol–water partition coefficient (Wildman–Crippen LogP) is 1.18. The number of hydrogen-bond donors (Lipinski definition) is 1. The Morgan fingerprint density at radius 1 is 1.17 bits per heavy atom. The second-order valence-corrected chi connectivity index (χ2v) is 6.24. The van der Waals surface area contributed by atoms with Crippen LogP contribution in [0.3, 0.4) is 0 Å². The normalized spacial score (nSPS) is 31.3. The number of hydrogen-bond acceptors (Lipinski definition) is 4. The average Bonchev–Trinajstić information content (AvgIpc) is 2.38. The monoisotopic (exact) mass is 254 g/mol. The molecule has 4 nitrogen and oxygen atoms in total. The molecule has 0 aromatic carbocycles. The van der Waals surface area contributed by atoms with E-state index in [0.29, 0.717) is 6.04 Å². The lowest BCUT2D eigenvalue weighted by Gasteiger charge is -2.39. The minimum atomic E-state index is -0.670. The summed E-state index contributed by atoms with van der Waals surface area (Å²) >= 11 is 0. The fraction of sp³-hybridized carbons (Fsp3) is 0.929. The first-order chi connectivity index (χ1) is 8.48. The van der Waals surface area contributed by atoms with Crippen molar-refractivity contribution in [1.82, 2.24) is 4.90 Å². The minimum absolute atomic E-state index is 0.183. The van der Waals surface area contributed by atoms with Gasteiger partial charge >= 0.3 is 0 Å². The quantitative estimate of drug-likeness (QED) is 0.822. The number of carbonyl (C=O) groups is 1. The number of rotatable bonds is 3. The van der Waals surface area contributed by atoms with Crippen LogP contribution in [-0.2, 0) is 9.53 Å². The highest BCUT2D eigenvalue weighted by atomic mass is 16.5. The molecule has 18 heavy (non-hydrogen) atoms. The van der Waals surface area contributed by atoms with E-state index in [1.807, 2.05) is 13.8 Å². The molecule has 0 spiro atoms. The van der Waals surface area contributed by atoms with Crippen LogP contribution in [0, 0.1) is 5.92 Å². The maximum Gasteiger partial charge on any atom is 0.155 e. The number of morpholine rings is 1. The molecule has 2 aliphatic rings. The molecule has 0 atom stereocenters. The van der Waals surface area contributed by atoms with Crippen molar-refractivity contribution in [3.05, 3.63) is 0 Å². The Morgan fingerprint density at radius 3 is 2.22 bits per heavy atom. The summed E-state index contributed by atoms with van der Waals surface area (Å²) in [6.07, 6.45) is 4.27. The molecule has 0 aromatic rings. The summed E-state index contributed by atoms with van der Waals surface area (Å²) < 4.78 is 5.38. The summed E-state index contributed by atoms with van der Waals surface area (Å²) in [7, 11) is 0. The largest absolute Gasteiger partial charge is 0.379 e. The van der Waals surface area contributed by atoms with Gasteiger partial charge in [0.15, 0.2) is 5.78 Å². The van der Waals surface area contributed by atoms with Crippen LogP contribution in [-0.4, -0.2) is 48.6 Å².